The van der Waals surface area contributed by atoms with Crippen molar-refractivity contribution in [1.82, 2.24) is 0 Å². The predicted molar refractivity (Wildman–Crippen MR) is 39.6 cm³/mol. The zero-order valence-corrected chi connectivity index (χ0v) is 6.39. The second-order valence-corrected chi connectivity index (χ2v) is 2.09. The van der Waals surface area contributed by atoms with Crippen LogP contribution in [-0.4, -0.2) is 5.88 Å². The highest BCUT2D eigenvalue weighted by Crippen LogP contribution is 2.14. The summed E-state index contributed by atoms with van der Waals surface area (Å²) in [6.45, 7) is 3.53. The van der Waals surface area contributed by atoms with Crippen molar-refractivity contribution in [3.8, 4) is 0 Å². The van der Waals surface area contributed by atoms with E-state index in [1.54, 1.807) is 0 Å². The first-order valence-electron chi connectivity index (χ1n) is 1.92. The number of rotatable bonds is 2. The van der Waals surface area contributed by atoms with Gasteiger partial charge in [-0.05, 0) is 5.57 Å². The van der Waals surface area contributed by atoms with Crippen molar-refractivity contribution in [2.45, 2.75) is 0 Å². The maximum Gasteiger partial charge on any atom is 0.0557 e. The molecule has 0 aromatic carbocycles. The lowest BCUT2D eigenvalue weighted by atomic mass is 10.3. The van der Waals surface area contributed by atoms with Gasteiger partial charge in [-0.3, -0.25) is 0 Å². The molecule has 0 saturated heterocycles. The molecule has 0 spiro atoms. The lowest BCUT2D eigenvalue weighted by Crippen LogP contribution is -1.78. The Morgan fingerprint density at radius 2 is 2.12 bits per heavy atom. The van der Waals surface area contributed by atoms with E-state index in [1.165, 1.54) is 5.54 Å². The smallest absolute Gasteiger partial charge is 0.0557 e. The lowest BCUT2D eigenvalue weighted by Gasteiger charge is -1.92. The summed E-state index contributed by atoms with van der Waals surface area (Å²) in [5.74, 6) is 0.321. The average Bonchev–Trinajstić information content (AvgIpc) is 1.84. The quantitative estimate of drug-likeness (QED) is 0.442. The van der Waals surface area contributed by atoms with Gasteiger partial charge in [0.05, 0.1) is 5.03 Å². The molecule has 0 bridgehead atoms. The standard InChI is InChI=1S/C5H5Cl3/c1-4(2-6)5(8)3-7/h3H,1-2H2/b5-3+. The van der Waals surface area contributed by atoms with E-state index in [1.807, 2.05) is 0 Å². The highest BCUT2D eigenvalue weighted by molar-refractivity contribution is 6.39. The Balaban J connectivity index is 3.83. The van der Waals surface area contributed by atoms with E-state index < -0.39 is 0 Å². The Labute approximate surface area is 63.7 Å². The van der Waals surface area contributed by atoms with Crippen LogP contribution in [0, 0.1) is 0 Å². The first-order valence-corrected chi connectivity index (χ1v) is 3.27. The van der Waals surface area contributed by atoms with Gasteiger partial charge in [-0.15, -0.1) is 11.6 Å². The molecule has 0 saturated carbocycles. The summed E-state index contributed by atoms with van der Waals surface area (Å²) in [6.07, 6.45) is 0. The molecule has 0 atom stereocenters. The first kappa shape index (κ1) is 8.35. The van der Waals surface area contributed by atoms with Crippen molar-refractivity contribution in [1.29, 1.82) is 0 Å². The molecule has 0 N–H and O–H groups in total. The Hall–Kier alpha value is 0.350. The van der Waals surface area contributed by atoms with Crippen molar-refractivity contribution in [2.75, 3.05) is 5.88 Å². The van der Waals surface area contributed by atoms with Crippen LogP contribution >= 0.6 is 34.8 Å². The van der Waals surface area contributed by atoms with Crippen LogP contribution in [-0.2, 0) is 0 Å². The minimum atomic E-state index is 0.321. The molecule has 0 aliphatic carbocycles. The van der Waals surface area contributed by atoms with Gasteiger partial charge in [-0.1, -0.05) is 29.8 Å². The van der Waals surface area contributed by atoms with Gasteiger partial charge in [-0.2, -0.15) is 0 Å². The molecule has 0 unspecified atom stereocenters. The fourth-order valence-electron chi connectivity index (χ4n) is 0.141. The molecule has 8 heavy (non-hydrogen) atoms. The molecule has 0 radical (unpaired) electrons. The van der Waals surface area contributed by atoms with Gasteiger partial charge >= 0.3 is 0 Å². The third kappa shape index (κ3) is 2.61. The summed E-state index contributed by atoms with van der Waals surface area (Å²) in [6, 6.07) is 0. The van der Waals surface area contributed by atoms with Crippen molar-refractivity contribution < 1.29 is 0 Å². The molecule has 0 aromatic heterocycles. The highest BCUT2D eigenvalue weighted by atomic mass is 35.5. The summed E-state index contributed by atoms with van der Waals surface area (Å²) in [5, 5.41) is 0.418. The zero-order valence-electron chi connectivity index (χ0n) is 4.13. The number of hydrogen-bond donors (Lipinski definition) is 0. The fraction of sp³-hybridized carbons (Fsp3) is 0.200. The Morgan fingerprint density at radius 1 is 1.62 bits per heavy atom. The molecular weight excluding hydrogens is 166 g/mol. The highest BCUT2D eigenvalue weighted by Gasteiger charge is 1.93. The van der Waals surface area contributed by atoms with Gasteiger partial charge in [0.15, 0.2) is 0 Å². The van der Waals surface area contributed by atoms with Crippen LogP contribution in [0.5, 0.6) is 0 Å². The van der Waals surface area contributed by atoms with E-state index in [2.05, 4.69) is 6.58 Å². The van der Waals surface area contributed by atoms with Crippen LogP contribution in [0.3, 0.4) is 0 Å². The monoisotopic (exact) mass is 170 g/mol. The van der Waals surface area contributed by atoms with Gasteiger partial charge in [0.1, 0.15) is 0 Å². The van der Waals surface area contributed by atoms with E-state index in [9.17, 15) is 0 Å². The molecule has 0 rings (SSSR count). The van der Waals surface area contributed by atoms with Crippen molar-refractivity contribution >= 4 is 34.8 Å². The zero-order chi connectivity index (χ0) is 6.57. The van der Waals surface area contributed by atoms with Crippen LogP contribution in [0.2, 0.25) is 0 Å². The summed E-state index contributed by atoms with van der Waals surface area (Å²) in [7, 11) is 0. The number of alkyl halides is 1. The Morgan fingerprint density at radius 3 is 2.25 bits per heavy atom. The Kier molecular flexibility index (Phi) is 4.44. The number of halogens is 3. The molecule has 46 valence electrons. The molecular formula is C5H5Cl3. The van der Waals surface area contributed by atoms with Crippen LogP contribution in [0.1, 0.15) is 0 Å². The van der Waals surface area contributed by atoms with E-state index in [0.717, 1.165) is 0 Å². The van der Waals surface area contributed by atoms with Crippen LogP contribution in [0.15, 0.2) is 22.7 Å². The topological polar surface area (TPSA) is 0 Å². The molecule has 0 aliphatic heterocycles. The molecule has 3 heteroatoms. The molecule has 0 amide bonds. The first-order chi connectivity index (χ1) is 3.72. The summed E-state index contributed by atoms with van der Waals surface area (Å²) >= 11 is 16.0. The third-order valence-electron chi connectivity index (χ3n) is 0.595. The second kappa shape index (κ2) is 4.25. The minimum Gasteiger partial charge on any atom is -0.122 e. The molecule has 0 heterocycles. The molecule has 0 aliphatic rings. The van der Waals surface area contributed by atoms with E-state index >= 15 is 0 Å². The summed E-state index contributed by atoms with van der Waals surface area (Å²) in [4.78, 5) is 0. The number of allylic oxidation sites excluding steroid dienone is 2. The van der Waals surface area contributed by atoms with Gasteiger partial charge in [0, 0.05) is 11.4 Å². The van der Waals surface area contributed by atoms with E-state index in [4.69, 9.17) is 34.8 Å². The van der Waals surface area contributed by atoms with Gasteiger partial charge < -0.3 is 0 Å². The van der Waals surface area contributed by atoms with Gasteiger partial charge in [0.2, 0.25) is 0 Å². The van der Waals surface area contributed by atoms with Crippen LogP contribution in [0.4, 0.5) is 0 Å². The molecule has 0 fully saturated rings. The molecule has 0 aromatic rings. The number of hydrogen-bond acceptors (Lipinski definition) is 0. The van der Waals surface area contributed by atoms with Crippen LogP contribution in [0.25, 0.3) is 0 Å². The normalized spacial score (nSPS) is 11.6. The predicted octanol–water partition coefficient (Wildman–Crippen LogP) is 3.10. The SMILES string of the molecule is C=C(CCl)/C(Cl)=C\Cl. The van der Waals surface area contributed by atoms with Gasteiger partial charge in [-0.25, -0.2) is 0 Å². The molecule has 0 nitrogen and oxygen atoms in total. The maximum atomic E-state index is 5.46. The van der Waals surface area contributed by atoms with Crippen molar-refractivity contribution in [2.24, 2.45) is 0 Å². The largest absolute Gasteiger partial charge is 0.122 e. The average molecular weight is 171 g/mol. The maximum absolute atomic E-state index is 5.46. The van der Waals surface area contributed by atoms with Gasteiger partial charge in [0.25, 0.3) is 0 Å². The summed E-state index contributed by atoms with van der Waals surface area (Å²) < 4.78 is 0. The van der Waals surface area contributed by atoms with Crippen molar-refractivity contribution in [3.63, 3.8) is 0 Å². The van der Waals surface area contributed by atoms with Crippen LogP contribution < -0.4 is 0 Å². The third-order valence-corrected chi connectivity index (χ3v) is 1.62. The van der Waals surface area contributed by atoms with E-state index in [0.29, 0.717) is 16.5 Å². The van der Waals surface area contributed by atoms with E-state index in [-0.39, 0.29) is 0 Å². The summed E-state index contributed by atoms with van der Waals surface area (Å²) in [5.41, 5.74) is 1.88. The fourth-order valence-corrected chi connectivity index (χ4v) is 0.574. The lowest BCUT2D eigenvalue weighted by molar-refractivity contribution is 1.55. The second-order valence-electron chi connectivity index (χ2n) is 1.19. The minimum absolute atomic E-state index is 0.321. The van der Waals surface area contributed by atoms with Crippen molar-refractivity contribution in [3.05, 3.63) is 22.7 Å². The Bertz CT molecular complexity index is 115.